The number of nitrogens with one attached hydrogen (secondary N) is 1. The van der Waals surface area contributed by atoms with Gasteiger partial charge in [0.1, 0.15) is 16.8 Å². The molecule has 1 aromatic carbocycles. The first-order chi connectivity index (χ1) is 14.4. The zero-order valence-corrected chi connectivity index (χ0v) is 18.3. The number of carbonyl (C=O) groups is 2. The summed E-state index contributed by atoms with van der Waals surface area (Å²) in [5, 5.41) is 13.2. The van der Waals surface area contributed by atoms with Gasteiger partial charge in [-0.2, -0.15) is 5.26 Å². The Morgan fingerprint density at radius 1 is 1.40 bits per heavy atom. The lowest BCUT2D eigenvalue weighted by Gasteiger charge is -2.21. The molecular formula is C23H26N2O4S. The Balaban J connectivity index is 1.67. The van der Waals surface area contributed by atoms with Gasteiger partial charge < -0.3 is 14.8 Å². The summed E-state index contributed by atoms with van der Waals surface area (Å²) >= 11 is 1.47. The predicted molar refractivity (Wildman–Crippen MR) is 116 cm³/mol. The fourth-order valence-corrected chi connectivity index (χ4v) is 5.09. The molecule has 7 heteroatoms. The van der Waals surface area contributed by atoms with Gasteiger partial charge in [-0.05, 0) is 54.4 Å². The standard InChI is InChI=1S/C23H26N2O4S/c1-14(17-5-4-6-18(11-17)28-3)9-22(27)25-23-20(12-24)19-8-7-16(10-21(19)30-23)13-29-15(2)26/h4-6,11,14,16H,7-10,13H2,1-3H3,(H,25,27). The van der Waals surface area contributed by atoms with Crippen molar-refractivity contribution in [3.8, 4) is 11.8 Å². The smallest absolute Gasteiger partial charge is 0.302 e. The van der Waals surface area contributed by atoms with Crippen molar-refractivity contribution >= 4 is 28.2 Å². The molecule has 1 aliphatic rings. The highest BCUT2D eigenvalue weighted by molar-refractivity contribution is 7.16. The van der Waals surface area contributed by atoms with E-state index in [9.17, 15) is 14.9 Å². The molecule has 30 heavy (non-hydrogen) atoms. The van der Waals surface area contributed by atoms with Gasteiger partial charge in [-0.3, -0.25) is 9.59 Å². The van der Waals surface area contributed by atoms with Crippen LogP contribution in [0.3, 0.4) is 0 Å². The van der Waals surface area contributed by atoms with Crippen LogP contribution < -0.4 is 10.1 Å². The number of hydrogen-bond donors (Lipinski definition) is 1. The topological polar surface area (TPSA) is 88.4 Å². The summed E-state index contributed by atoms with van der Waals surface area (Å²) in [7, 11) is 1.62. The second kappa shape index (κ2) is 9.77. The van der Waals surface area contributed by atoms with Gasteiger partial charge in [0.05, 0.1) is 19.3 Å². The van der Waals surface area contributed by atoms with E-state index >= 15 is 0 Å². The second-order valence-corrected chi connectivity index (χ2v) is 8.77. The van der Waals surface area contributed by atoms with Gasteiger partial charge in [0.15, 0.2) is 0 Å². The largest absolute Gasteiger partial charge is 0.497 e. The summed E-state index contributed by atoms with van der Waals surface area (Å²) in [6.07, 6.45) is 2.70. The molecule has 0 aliphatic heterocycles. The lowest BCUT2D eigenvalue weighted by atomic mass is 9.88. The van der Waals surface area contributed by atoms with Gasteiger partial charge in [0.2, 0.25) is 5.91 Å². The number of benzene rings is 1. The summed E-state index contributed by atoms with van der Waals surface area (Å²) in [6, 6.07) is 9.97. The van der Waals surface area contributed by atoms with E-state index in [1.54, 1.807) is 7.11 Å². The van der Waals surface area contributed by atoms with Crippen molar-refractivity contribution in [2.45, 2.75) is 45.4 Å². The van der Waals surface area contributed by atoms with Crippen molar-refractivity contribution in [1.82, 2.24) is 0 Å². The number of carbonyl (C=O) groups excluding carboxylic acids is 2. The van der Waals surface area contributed by atoms with Crippen LogP contribution in [0.25, 0.3) is 0 Å². The highest BCUT2D eigenvalue weighted by Crippen LogP contribution is 2.39. The van der Waals surface area contributed by atoms with Crippen LogP contribution in [0.1, 0.15) is 54.2 Å². The Hall–Kier alpha value is -2.85. The first kappa shape index (κ1) is 21.8. The number of amides is 1. The quantitative estimate of drug-likeness (QED) is 0.662. The van der Waals surface area contributed by atoms with Crippen molar-refractivity contribution in [2.24, 2.45) is 5.92 Å². The minimum atomic E-state index is -0.275. The highest BCUT2D eigenvalue weighted by atomic mass is 32.1. The molecule has 6 nitrogen and oxygen atoms in total. The molecule has 0 fully saturated rings. The molecule has 2 atom stereocenters. The van der Waals surface area contributed by atoms with E-state index in [-0.39, 0.29) is 23.7 Å². The fourth-order valence-electron chi connectivity index (χ4n) is 3.76. The van der Waals surface area contributed by atoms with Crippen LogP contribution >= 0.6 is 11.3 Å². The van der Waals surface area contributed by atoms with Gasteiger partial charge in [-0.1, -0.05) is 19.1 Å². The number of nitrogens with zero attached hydrogens (tertiary/aromatic N) is 1. The highest BCUT2D eigenvalue weighted by Gasteiger charge is 2.27. The van der Waals surface area contributed by atoms with Crippen LogP contribution in [0.4, 0.5) is 5.00 Å². The van der Waals surface area contributed by atoms with Crippen LogP contribution in [0, 0.1) is 17.2 Å². The van der Waals surface area contributed by atoms with Crippen molar-refractivity contribution < 1.29 is 19.1 Å². The molecule has 1 heterocycles. The molecule has 0 saturated heterocycles. The third kappa shape index (κ3) is 5.19. The molecule has 2 unspecified atom stereocenters. The number of fused-ring (bicyclic) bond motifs is 1. The molecule has 1 amide bonds. The maximum absolute atomic E-state index is 12.7. The lowest BCUT2D eigenvalue weighted by molar-refractivity contribution is -0.142. The van der Waals surface area contributed by atoms with Crippen LogP contribution in [0.15, 0.2) is 24.3 Å². The number of esters is 1. The maximum atomic E-state index is 12.7. The van der Waals surface area contributed by atoms with Crippen LogP contribution in [0.2, 0.25) is 0 Å². The van der Waals surface area contributed by atoms with Crippen molar-refractivity contribution in [2.75, 3.05) is 19.0 Å². The zero-order chi connectivity index (χ0) is 21.7. The van der Waals surface area contributed by atoms with E-state index in [0.717, 1.165) is 41.0 Å². The molecule has 0 radical (unpaired) electrons. The summed E-state index contributed by atoms with van der Waals surface area (Å²) in [4.78, 5) is 24.8. The number of ether oxygens (including phenoxy) is 2. The number of nitriles is 1. The van der Waals surface area contributed by atoms with Gasteiger partial charge in [-0.15, -0.1) is 11.3 Å². The van der Waals surface area contributed by atoms with Gasteiger partial charge in [0.25, 0.3) is 0 Å². The summed E-state index contributed by atoms with van der Waals surface area (Å²) in [5.41, 5.74) is 2.63. The van der Waals surface area contributed by atoms with Crippen LogP contribution in [-0.2, 0) is 27.2 Å². The Labute approximate surface area is 180 Å². The zero-order valence-electron chi connectivity index (χ0n) is 17.5. The molecule has 2 aromatic rings. The summed E-state index contributed by atoms with van der Waals surface area (Å²) in [5.74, 6) is 0.650. The average molecular weight is 427 g/mol. The maximum Gasteiger partial charge on any atom is 0.302 e. The summed E-state index contributed by atoms with van der Waals surface area (Å²) in [6.45, 7) is 3.81. The van der Waals surface area contributed by atoms with Gasteiger partial charge >= 0.3 is 5.97 Å². The SMILES string of the molecule is COc1cccc(C(C)CC(=O)Nc2sc3c(c2C#N)CCC(COC(C)=O)C3)c1. The minimum absolute atomic E-state index is 0.0216. The number of rotatable bonds is 7. The van der Waals surface area contributed by atoms with Crippen molar-refractivity contribution in [3.63, 3.8) is 0 Å². The fraction of sp³-hybridized carbons (Fsp3) is 0.435. The monoisotopic (exact) mass is 426 g/mol. The first-order valence-corrected chi connectivity index (χ1v) is 10.8. The molecule has 0 bridgehead atoms. The Bertz CT molecular complexity index is 976. The predicted octanol–water partition coefficient (Wildman–Crippen LogP) is 4.43. The van der Waals surface area contributed by atoms with Crippen LogP contribution in [0.5, 0.6) is 5.75 Å². The third-order valence-corrected chi connectivity index (χ3v) is 6.58. The van der Waals surface area contributed by atoms with Gasteiger partial charge in [-0.25, -0.2) is 0 Å². The number of hydrogen-bond acceptors (Lipinski definition) is 6. The Morgan fingerprint density at radius 3 is 2.90 bits per heavy atom. The minimum Gasteiger partial charge on any atom is -0.497 e. The van der Waals surface area contributed by atoms with Crippen molar-refractivity contribution in [1.29, 1.82) is 5.26 Å². The molecule has 158 valence electrons. The Morgan fingerprint density at radius 2 is 2.20 bits per heavy atom. The van der Waals surface area contributed by atoms with E-state index < -0.39 is 0 Å². The molecule has 1 aliphatic carbocycles. The molecule has 3 rings (SSSR count). The second-order valence-electron chi connectivity index (χ2n) is 7.66. The van der Waals surface area contributed by atoms with E-state index in [1.807, 2.05) is 31.2 Å². The number of thiophene rings is 1. The van der Waals surface area contributed by atoms with E-state index in [4.69, 9.17) is 9.47 Å². The number of anilines is 1. The molecule has 0 saturated carbocycles. The van der Waals surface area contributed by atoms with E-state index in [2.05, 4.69) is 11.4 Å². The summed E-state index contributed by atoms with van der Waals surface area (Å²) < 4.78 is 10.4. The van der Waals surface area contributed by atoms with Gasteiger partial charge in [0, 0.05) is 18.2 Å². The first-order valence-electron chi connectivity index (χ1n) is 10.0. The average Bonchev–Trinajstić information content (AvgIpc) is 3.07. The van der Waals surface area contributed by atoms with Crippen molar-refractivity contribution in [3.05, 3.63) is 45.8 Å². The molecular weight excluding hydrogens is 400 g/mol. The van der Waals surface area contributed by atoms with E-state index in [0.29, 0.717) is 23.6 Å². The third-order valence-electron chi connectivity index (χ3n) is 5.41. The Kier molecular flexibility index (Phi) is 7.11. The molecule has 1 N–H and O–H groups in total. The number of methoxy groups -OCH3 is 1. The molecule has 0 spiro atoms. The lowest BCUT2D eigenvalue weighted by Crippen LogP contribution is -2.19. The molecule has 1 aromatic heterocycles. The van der Waals surface area contributed by atoms with E-state index in [1.165, 1.54) is 18.3 Å². The normalized spacial score (nSPS) is 16.1. The van der Waals surface area contributed by atoms with Crippen LogP contribution in [-0.4, -0.2) is 25.6 Å².